The smallest absolute Gasteiger partial charge is 0.241 e. The Kier molecular flexibility index (Phi) is 3.51. The number of sulfonamides is 1. The second-order valence-electron chi connectivity index (χ2n) is 4.73. The van der Waals surface area contributed by atoms with Crippen molar-refractivity contribution in [1.82, 2.24) is 10.0 Å². The summed E-state index contributed by atoms with van der Waals surface area (Å²) in [6.07, 6.45) is 1.64. The molecule has 2 N–H and O–H groups in total. The van der Waals surface area contributed by atoms with Crippen molar-refractivity contribution in [3.8, 4) is 0 Å². The number of hydrogen-bond donors (Lipinski definition) is 2. The van der Waals surface area contributed by atoms with Crippen LogP contribution in [-0.2, 0) is 10.0 Å². The molecular formula is C12H18N2O2S. The fourth-order valence-corrected chi connectivity index (χ4v) is 3.55. The van der Waals surface area contributed by atoms with Crippen molar-refractivity contribution in [2.24, 2.45) is 0 Å². The van der Waals surface area contributed by atoms with E-state index in [2.05, 4.69) is 10.0 Å². The molecule has 17 heavy (non-hydrogen) atoms. The van der Waals surface area contributed by atoms with Crippen LogP contribution in [0.25, 0.3) is 0 Å². The third-order valence-corrected chi connectivity index (χ3v) is 4.80. The fourth-order valence-electron chi connectivity index (χ4n) is 2.06. The van der Waals surface area contributed by atoms with Gasteiger partial charge in [-0.2, -0.15) is 0 Å². The Morgan fingerprint density at radius 2 is 1.76 bits per heavy atom. The second kappa shape index (κ2) is 4.76. The summed E-state index contributed by atoms with van der Waals surface area (Å²) in [5.41, 5.74) is -0.333. The fraction of sp³-hybridized carbons (Fsp3) is 0.500. The normalized spacial score (nSPS) is 20.1. The van der Waals surface area contributed by atoms with Gasteiger partial charge in [-0.05, 0) is 45.0 Å². The molecule has 0 unspecified atom stereocenters. The van der Waals surface area contributed by atoms with Gasteiger partial charge in [0.25, 0.3) is 0 Å². The molecule has 5 heteroatoms. The lowest BCUT2D eigenvalue weighted by atomic mass is 9.92. The average molecular weight is 254 g/mol. The predicted molar refractivity (Wildman–Crippen MR) is 67.3 cm³/mol. The van der Waals surface area contributed by atoms with Crippen LogP contribution in [-0.4, -0.2) is 27.0 Å². The minimum Gasteiger partial charge on any atom is -0.317 e. The van der Waals surface area contributed by atoms with Crippen LogP contribution in [0.3, 0.4) is 0 Å². The maximum absolute atomic E-state index is 12.2. The molecule has 0 radical (unpaired) electrons. The van der Waals surface area contributed by atoms with E-state index in [-0.39, 0.29) is 5.54 Å². The summed E-state index contributed by atoms with van der Waals surface area (Å²) < 4.78 is 27.2. The van der Waals surface area contributed by atoms with Crippen molar-refractivity contribution < 1.29 is 8.42 Å². The van der Waals surface area contributed by atoms with Gasteiger partial charge in [0.2, 0.25) is 10.0 Å². The maximum atomic E-state index is 12.2. The molecule has 0 atom stereocenters. The number of nitrogens with one attached hydrogen (secondary N) is 2. The van der Waals surface area contributed by atoms with E-state index in [4.69, 9.17) is 0 Å². The van der Waals surface area contributed by atoms with E-state index < -0.39 is 10.0 Å². The number of rotatable bonds is 3. The molecule has 1 aromatic rings. The summed E-state index contributed by atoms with van der Waals surface area (Å²) in [7, 11) is -3.40. The quantitative estimate of drug-likeness (QED) is 0.849. The van der Waals surface area contributed by atoms with E-state index in [0.717, 1.165) is 25.9 Å². The molecular weight excluding hydrogens is 236 g/mol. The molecule has 1 saturated heterocycles. The summed E-state index contributed by atoms with van der Waals surface area (Å²) >= 11 is 0. The van der Waals surface area contributed by atoms with Crippen LogP contribution in [0, 0.1) is 0 Å². The Labute approximate surface area is 102 Å². The van der Waals surface area contributed by atoms with Gasteiger partial charge in [0.15, 0.2) is 0 Å². The summed E-state index contributed by atoms with van der Waals surface area (Å²) in [5, 5.41) is 3.23. The number of benzene rings is 1. The summed E-state index contributed by atoms with van der Waals surface area (Å²) in [6.45, 7) is 3.68. The van der Waals surface area contributed by atoms with Crippen LogP contribution >= 0.6 is 0 Å². The largest absolute Gasteiger partial charge is 0.317 e. The van der Waals surface area contributed by atoms with Crippen LogP contribution in [0.2, 0.25) is 0 Å². The summed E-state index contributed by atoms with van der Waals surface area (Å²) in [5.74, 6) is 0. The van der Waals surface area contributed by atoms with E-state index in [1.807, 2.05) is 13.0 Å². The number of hydrogen-bond acceptors (Lipinski definition) is 3. The van der Waals surface area contributed by atoms with Crippen molar-refractivity contribution in [3.05, 3.63) is 30.3 Å². The van der Waals surface area contributed by atoms with Gasteiger partial charge in [-0.1, -0.05) is 18.2 Å². The first-order valence-electron chi connectivity index (χ1n) is 5.82. The topological polar surface area (TPSA) is 58.2 Å². The second-order valence-corrected chi connectivity index (χ2v) is 6.41. The first kappa shape index (κ1) is 12.5. The third-order valence-electron chi connectivity index (χ3n) is 3.14. The van der Waals surface area contributed by atoms with Crippen LogP contribution in [0.4, 0.5) is 0 Å². The molecule has 0 bridgehead atoms. The highest BCUT2D eigenvalue weighted by atomic mass is 32.2. The average Bonchev–Trinajstić information content (AvgIpc) is 2.30. The number of piperidine rings is 1. The van der Waals surface area contributed by atoms with Crippen LogP contribution < -0.4 is 10.0 Å². The maximum Gasteiger partial charge on any atom is 0.241 e. The van der Waals surface area contributed by atoms with Gasteiger partial charge in [0.1, 0.15) is 0 Å². The summed E-state index contributed by atoms with van der Waals surface area (Å²) in [6, 6.07) is 8.52. The Morgan fingerprint density at radius 1 is 1.18 bits per heavy atom. The zero-order valence-corrected chi connectivity index (χ0v) is 10.8. The van der Waals surface area contributed by atoms with Gasteiger partial charge in [-0.25, -0.2) is 13.1 Å². The third kappa shape index (κ3) is 3.06. The molecule has 0 spiro atoms. The minimum atomic E-state index is -3.40. The van der Waals surface area contributed by atoms with Crippen molar-refractivity contribution in [3.63, 3.8) is 0 Å². The highest BCUT2D eigenvalue weighted by Crippen LogP contribution is 2.20. The van der Waals surface area contributed by atoms with Crippen LogP contribution in [0.5, 0.6) is 0 Å². The molecule has 1 aliphatic heterocycles. The zero-order valence-electron chi connectivity index (χ0n) is 9.94. The highest BCUT2D eigenvalue weighted by Gasteiger charge is 2.31. The molecule has 0 aromatic heterocycles. The molecule has 0 aliphatic carbocycles. The minimum absolute atomic E-state index is 0.333. The molecule has 1 aliphatic rings. The Bertz CT molecular complexity index is 465. The first-order chi connectivity index (χ1) is 8.02. The lowest BCUT2D eigenvalue weighted by Gasteiger charge is -2.34. The van der Waals surface area contributed by atoms with Crippen LogP contribution in [0.1, 0.15) is 19.8 Å². The molecule has 4 nitrogen and oxygen atoms in total. The first-order valence-corrected chi connectivity index (χ1v) is 7.30. The van der Waals surface area contributed by atoms with Gasteiger partial charge in [0.05, 0.1) is 4.90 Å². The Morgan fingerprint density at radius 3 is 2.35 bits per heavy atom. The van der Waals surface area contributed by atoms with Gasteiger partial charge < -0.3 is 5.32 Å². The molecule has 0 amide bonds. The Balaban J connectivity index is 2.17. The SMILES string of the molecule is CC1(NS(=O)(=O)c2ccccc2)CCNCC1. The molecule has 1 fully saturated rings. The van der Waals surface area contributed by atoms with E-state index >= 15 is 0 Å². The van der Waals surface area contributed by atoms with E-state index in [0.29, 0.717) is 4.90 Å². The molecule has 0 saturated carbocycles. The van der Waals surface area contributed by atoms with Crippen LogP contribution in [0.15, 0.2) is 35.2 Å². The van der Waals surface area contributed by atoms with Crippen molar-refractivity contribution in [2.75, 3.05) is 13.1 Å². The van der Waals surface area contributed by atoms with Gasteiger partial charge in [-0.15, -0.1) is 0 Å². The molecule has 94 valence electrons. The Hall–Kier alpha value is -0.910. The lowest BCUT2D eigenvalue weighted by Crippen LogP contribution is -2.52. The van der Waals surface area contributed by atoms with Crippen molar-refractivity contribution in [1.29, 1.82) is 0 Å². The van der Waals surface area contributed by atoms with Crippen molar-refractivity contribution in [2.45, 2.75) is 30.2 Å². The zero-order chi connectivity index (χ0) is 12.4. The van der Waals surface area contributed by atoms with E-state index in [9.17, 15) is 8.42 Å². The summed E-state index contributed by atoms with van der Waals surface area (Å²) in [4.78, 5) is 0.333. The standard InChI is InChI=1S/C12H18N2O2S/c1-12(7-9-13-10-8-12)14-17(15,16)11-5-3-2-4-6-11/h2-6,13-14H,7-10H2,1H3. The molecule has 1 aromatic carbocycles. The lowest BCUT2D eigenvalue weighted by molar-refractivity contribution is 0.308. The van der Waals surface area contributed by atoms with Gasteiger partial charge in [-0.3, -0.25) is 0 Å². The molecule has 1 heterocycles. The van der Waals surface area contributed by atoms with E-state index in [1.165, 1.54) is 0 Å². The monoisotopic (exact) mass is 254 g/mol. The highest BCUT2D eigenvalue weighted by molar-refractivity contribution is 7.89. The molecule has 2 rings (SSSR count). The predicted octanol–water partition coefficient (Wildman–Crippen LogP) is 1.11. The van der Waals surface area contributed by atoms with Gasteiger partial charge >= 0.3 is 0 Å². The van der Waals surface area contributed by atoms with Gasteiger partial charge in [0, 0.05) is 5.54 Å². The van der Waals surface area contributed by atoms with Crippen molar-refractivity contribution >= 4 is 10.0 Å². The van der Waals surface area contributed by atoms with E-state index in [1.54, 1.807) is 24.3 Å².